The van der Waals surface area contributed by atoms with Crippen LogP contribution in [-0.2, 0) is 23.2 Å². The Balaban J connectivity index is 0.972. The molecule has 3 saturated heterocycles. The zero-order valence-corrected chi connectivity index (χ0v) is 35.5. The van der Waals surface area contributed by atoms with E-state index >= 15 is 8.78 Å². The molecule has 1 atom stereocenters. The Morgan fingerprint density at radius 3 is 2.32 bits per heavy atom. The topological polar surface area (TPSA) is 188 Å². The molecule has 1 unspecified atom stereocenters. The van der Waals surface area contributed by atoms with Crippen LogP contribution in [0.5, 0.6) is 5.75 Å². The van der Waals surface area contributed by atoms with Crippen LogP contribution in [0.2, 0.25) is 5.02 Å². The number of amides is 4. The van der Waals surface area contributed by atoms with Crippen LogP contribution in [0.15, 0.2) is 54.7 Å². The number of rotatable bonds is 13. The molecule has 17 nitrogen and oxygen atoms in total. The molecule has 0 bridgehead atoms. The number of hydrogen-bond acceptors (Lipinski definition) is 15. The normalized spacial score (nSPS) is 23.8. The van der Waals surface area contributed by atoms with Crippen LogP contribution >= 0.6 is 19.2 Å². The van der Waals surface area contributed by atoms with Crippen LogP contribution in [0.25, 0.3) is 0 Å². The third kappa shape index (κ3) is 8.67. The Labute approximate surface area is 377 Å². The van der Waals surface area contributed by atoms with Crippen molar-refractivity contribution in [3.05, 3.63) is 82.5 Å². The number of para-hydroxylation sites is 1. The molecule has 4 amide bonds. The Kier molecular flexibility index (Phi) is 10.0. The second-order valence-corrected chi connectivity index (χ2v) is 17.2. The Hall–Kier alpha value is -5.72. The lowest BCUT2D eigenvalue weighted by molar-refractivity contribution is -0.136. The third-order valence-corrected chi connectivity index (χ3v) is 13.2. The molecule has 332 valence electrons. The van der Waals surface area contributed by atoms with Gasteiger partial charge in [-0.2, -0.15) is 4.98 Å². The first-order valence-electron chi connectivity index (χ1n) is 23.5. The highest BCUT2D eigenvalue weighted by Crippen LogP contribution is 2.47. The minimum absolute atomic E-state index is 0.117. The highest BCUT2D eigenvalue weighted by molar-refractivity contribution is 7.62. The summed E-state index contributed by atoms with van der Waals surface area (Å²) >= 11 is 6.45. The Bertz CT molecular complexity index is 2870. The van der Waals surface area contributed by atoms with Crippen molar-refractivity contribution in [3.63, 3.8) is 0 Å². The van der Waals surface area contributed by atoms with Crippen molar-refractivity contribution in [1.29, 1.82) is 0 Å². The lowest BCUT2D eigenvalue weighted by Crippen LogP contribution is -2.54. The molecular formula is C42H45ClF2N9O8P. The number of halogens is 3. The van der Waals surface area contributed by atoms with E-state index in [0.717, 1.165) is 0 Å². The van der Waals surface area contributed by atoms with Crippen molar-refractivity contribution < 1.29 is 57.3 Å². The molecule has 63 heavy (non-hydrogen) atoms. The molecule has 0 radical (unpaired) electrons. The SMILES string of the molecule is [2H]C1([2H])N(CC2CCN(c3ccc(Nc4ncc(Cl)c(Nc5ccccc5P(=O)(OC)OC)n4)c(OC)c3)CC2)C([2H])([2H])C([2H])([2H])N(c2cc(F)c3c(c2F)C(=O)N(C2CCC(=O)NC2=O)C3=O)C1([2H])[2H]. The number of ether oxygens (including phenoxy) is 1. The number of carbonyl (C=O) groups excluding carboxylic acids is 4. The summed E-state index contributed by atoms with van der Waals surface area (Å²) < 4.78 is 134. The van der Waals surface area contributed by atoms with Gasteiger partial charge in [0.05, 0.1) is 52.3 Å². The number of hydrogen-bond donors (Lipinski definition) is 3. The maximum atomic E-state index is 16.6. The van der Waals surface area contributed by atoms with Gasteiger partial charge in [0.2, 0.25) is 17.8 Å². The molecule has 3 aromatic carbocycles. The van der Waals surface area contributed by atoms with Gasteiger partial charge in [0.1, 0.15) is 22.6 Å². The maximum Gasteiger partial charge on any atom is 0.362 e. The summed E-state index contributed by atoms with van der Waals surface area (Å²) in [5.41, 5.74) is -2.29. The van der Waals surface area contributed by atoms with E-state index in [-0.39, 0.29) is 50.8 Å². The molecule has 3 N–H and O–H groups in total. The number of piperidine rings is 2. The van der Waals surface area contributed by atoms with Gasteiger partial charge in [0.25, 0.3) is 11.8 Å². The third-order valence-electron chi connectivity index (χ3n) is 10.9. The molecule has 0 aliphatic carbocycles. The van der Waals surface area contributed by atoms with Gasteiger partial charge in [-0.15, -0.1) is 0 Å². The van der Waals surface area contributed by atoms with Crippen LogP contribution in [0, 0.1) is 17.6 Å². The van der Waals surface area contributed by atoms with Crippen LogP contribution in [0.4, 0.5) is 43.3 Å². The summed E-state index contributed by atoms with van der Waals surface area (Å²) in [5, 5.41) is 8.50. The summed E-state index contributed by atoms with van der Waals surface area (Å²) in [6.45, 7) is -14.1. The number of anilines is 6. The number of nitrogens with one attached hydrogen (secondary N) is 3. The minimum Gasteiger partial charge on any atom is -0.494 e. The first-order valence-corrected chi connectivity index (χ1v) is 21.4. The molecule has 1 aromatic heterocycles. The molecule has 4 aromatic rings. The van der Waals surface area contributed by atoms with E-state index in [2.05, 4.69) is 20.6 Å². The second kappa shape index (κ2) is 18.2. The predicted octanol–water partition coefficient (Wildman–Crippen LogP) is 5.46. The molecular weight excluding hydrogens is 863 g/mol. The van der Waals surface area contributed by atoms with E-state index in [1.165, 1.54) is 27.5 Å². The van der Waals surface area contributed by atoms with E-state index in [1.807, 2.05) is 10.2 Å². The van der Waals surface area contributed by atoms with E-state index in [0.29, 0.717) is 53.6 Å². The summed E-state index contributed by atoms with van der Waals surface area (Å²) in [7, 11) is 0.316. The number of piperazine rings is 1. The van der Waals surface area contributed by atoms with Gasteiger partial charge in [-0.05, 0) is 49.4 Å². The van der Waals surface area contributed by atoms with Crippen molar-refractivity contribution in [3.8, 4) is 5.75 Å². The standard InChI is InChI=1S/C42H45ClF2N9O8P/c1-60-32-20-25(8-9-28(32)48-42-46-22-26(43)38(50-42)47-29-6-4-5-7-33(29)63(59,61-2)62-3)52-14-12-24(13-15-52)23-51-16-18-53(19-17-51)31-21-27(44)35-36(37(31)45)41(58)54(40(35)57)30-10-11-34(55)49-39(30)56/h4-9,20-22,24,30H,10-19,23H2,1-3H3,(H,49,55,56)(H2,46,47,48,50)/i16D2,17D2,18D2,19D2. The first kappa shape index (κ1) is 34.7. The monoisotopic (exact) mass is 915 g/mol. The zero-order chi connectivity index (χ0) is 51.7. The molecule has 4 aliphatic heterocycles. The maximum absolute atomic E-state index is 16.6. The average molecular weight is 916 g/mol. The summed E-state index contributed by atoms with van der Waals surface area (Å²) in [6.07, 6.45) is 1.29. The minimum atomic E-state index is -3.67. The molecule has 0 spiro atoms. The van der Waals surface area contributed by atoms with Crippen molar-refractivity contribution >= 4 is 82.6 Å². The first-order chi connectivity index (χ1) is 33.3. The summed E-state index contributed by atoms with van der Waals surface area (Å²) in [4.78, 5) is 62.4. The van der Waals surface area contributed by atoms with Crippen LogP contribution in [0.1, 0.15) is 57.4 Å². The number of nitrogens with zero attached hydrogens (tertiary/aromatic N) is 6. The largest absolute Gasteiger partial charge is 0.494 e. The molecule has 5 heterocycles. The molecule has 0 saturated carbocycles. The Morgan fingerprint density at radius 2 is 1.62 bits per heavy atom. The lowest BCUT2D eigenvalue weighted by atomic mass is 9.95. The van der Waals surface area contributed by atoms with Crippen LogP contribution in [-0.4, -0.2) is 116 Å². The fourth-order valence-electron chi connectivity index (χ4n) is 7.68. The Morgan fingerprint density at radius 1 is 0.905 bits per heavy atom. The van der Waals surface area contributed by atoms with Crippen molar-refractivity contribution in [2.24, 2.45) is 5.92 Å². The van der Waals surface area contributed by atoms with Gasteiger partial charge >= 0.3 is 7.60 Å². The smallest absolute Gasteiger partial charge is 0.362 e. The fraction of sp³-hybridized carbons (Fsp3) is 0.381. The van der Waals surface area contributed by atoms with E-state index in [9.17, 15) is 23.7 Å². The number of methoxy groups -OCH3 is 1. The second-order valence-electron chi connectivity index (χ2n) is 14.6. The molecule has 8 rings (SSSR count). The highest BCUT2D eigenvalue weighted by Gasteiger charge is 2.48. The molecule has 3 fully saturated rings. The van der Waals surface area contributed by atoms with E-state index in [1.54, 1.807) is 42.5 Å². The molecule has 4 aliphatic rings. The number of aromatic nitrogens is 2. The van der Waals surface area contributed by atoms with Gasteiger partial charge in [-0.3, -0.25) is 38.9 Å². The quantitative estimate of drug-likeness (QED) is 0.113. The van der Waals surface area contributed by atoms with Crippen molar-refractivity contribution in [1.82, 2.24) is 25.1 Å². The van der Waals surface area contributed by atoms with Gasteiger partial charge in [0.15, 0.2) is 11.6 Å². The predicted molar refractivity (Wildman–Crippen MR) is 231 cm³/mol. The van der Waals surface area contributed by atoms with Gasteiger partial charge in [0, 0.05) is 89.6 Å². The van der Waals surface area contributed by atoms with E-state index < -0.39 is 104 Å². The van der Waals surface area contributed by atoms with Crippen molar-refractivity contribution in [2.45, 2.75) is 31.7 Å². The van der Waals surface area contributed by atoms with Crippen molar-refractivity contribution in [2.75, 3.05) is 87.4 Å². The zero-order valence-electron chi connectivity index (χ0n) is 41.8. The van der Waals surface area contributed by atoms with Crippen LogP contribution < -0.4 is 35.8 Å². The van der Waals surface area contributed by atoms with Crippen LogP contribution in [0.3, 0.4) is 0 Å². The van der Waals surface area contributed by atoms with Gasteiger partial charge in [-0.1, -0.05) is 23.7 Å². The number of carbonyl (C=O) groups is 4. The lowest BCUT2D eigenvalue weighted by Gasteiger charge is -2.40. The summed E-state index contributed by atoms with van der Waals surface area (Å²) in [6, 6.07) is 10.4. The molecule has 21 heteroatoms. The van der Waals surface area contributed by atoms with Gasteiger partial charge in [-0.25, -0.2) is 13.8 Å². The number of imide groups is 2. The van der Waals surface area contributed by atoms with E-state index in [4.69, 9.17) is 36.4 Å². The summed E-state index contributed by atoms with van der Waals surface area (Å²) in [5.74, 6) is -8.12. The highest BCUT2D eigenvalue weighted by atomic mass is 35.5. The number of fused-ring (bicyclic) bond motifs is 1. The fourth-order valence-corrected chi connectivity index (χ4v) is 9.06. The average Bonchev–Trinajstić information content (AvgIpc) is 3.59. The van der Waals surface area contributed by atoms with Gasteiger partial charge < -0.3 is 34.2 Å². The number of benzene rings is 3.